The van der Waals surface area contributed by atoms with Crippen molar-refractivity contribution >= 4 is 41.8 Å². The van der Waals surface area contributed by atoms with Gasteiger partial charge in [0.2, 0.25) is 11.8 Å². The lowest BCUT2D eigenvalue weighted by Gasteiger charge is -2.40. The fourth-order valence-corrected chi connectivity index (χ4v) is 6.09. The Morgan fingerprint density at radius 1 is 1.16 bits per heavy atom. The molecule has 6 unspecified atom stereocenters. The van der Waals surface area contributed by atoms with Crippen LogP contribution in [-0.2, 0) is 14.3 Å². The maximum atomic E-state index is 12.8. The van der Waals surface area contributed by atoms with Crippen LogP contribution in [0.4, 0.5) is 0 Å². The van der Waals surface area contributed by atoms with Crippen molar-refractivity contribution in [2.45, 2.75) is 52.6 Å². The van der Waals surface area contributed by atoms with Gasteiger partial charge in [0.05, 0.1) is 17.9 Å². The molecule has 0 radical (unpaired) electrons. The molecule has 2 aliphatic carbocycles. The van der Waals surface area contributed by atoms with E-state index in [1.165, 1.54) is 4.90 Å². The molecule has 0 aromatic carbocycles. The van der Waals surface area contributed by atoms with Crippen LogP contribution >= 0.6 is 24.0 Å². The third-order valence-corrected chi connectivity index (χ3v) is 7.47. The first-order chi connectivity index (χ1) is 14.8. The summed E-state index contributed by atoms with van der Waals surface area (Å²) >= 11 is 0. The summed E-state index contributed by atoms with van der Waals surface area (Å²) in [6, 6.07) is 0. The van der Waals surface area contributed by atoms with Gasteiger partial charge in [0, 0.05) is 39.2 Å². The van der Waals surface area contributed by atoms with E-state index in [1.54, 1.807) is 7.05 Å². The van der Waals surface area contributed by atoms with E-state index in [1.807, 2.05) is 0 Å². The van der Waals surface area contributed by atoms with Gasteiger partial charge in [0.15, 0.2) is 5.96 Å². The Balaban J connectivity index is 0.00000289. The number of ether oxygens (including phenoxy) is 1. The van der Waals surface area contributed by atoms with Crippen LogP contribution in [0.2, 0.25) is 0 Å². The van der Waals surface area contributed by atoms with Crippen molar-refractivity contribution in [3.8, 4) is 0 Å². The Labute approximate surface area is 209 Å². The molecule has 2 aliphatic heterocycles. The Morgan fingerprint density at radius 2 is 1.81 bits per heavy atom. The number of likely N-dealkylation sites (tertiary alicyclic amines) is 1. The number of guanidine groups is 1. The van der Waals surface area contributed by atoms with Gasteiger partial charge >= 0.3 is 0 Å². The summed E-state index contributed by atoms with van der Waals surface area (Å²) < 4.78 is 6.07. The van der Waals surface area contributed by atoms with Crippen molar-refractivity contribution in [3.63, 3.8) is 0 Å². The molecular weight excluding hydrogens is 519 g/mol. The van der Waals surface area contributed by atoms with E-state index in [0.29, 0.717) is 19.0 Å². The molecule has 2 heterocycles. The van der Waals surface area contributed by atoms with Crippen molar-refractivity contribution < 1.29 is 14.3 Å². The van der Waals surface area contributed by atoms with Crippen LogP contribution in [0.3, 0.4) is 0 Å². The van der Waals surface area contributed by atoms with Crippen LogP contribution in [0.5, 0.6) is 0 Å². The predicted octanol–water partition coefficient (Wildman–Crippen LogP) is 2.81. The first-order valence-electron chi connectivity index (χ1n) is 11.9. The number of halogens is 1. The second-order valence-corrected chi connectivity index (χ2v) is 10.6. The minimum absolute atomic E-state index is 0. The lowest BCUT2D eigenvalue weighted by molar-refractivity contribution is -0.140. The third kappa shape index (κ3) is 5.00. The summed E-state index contributed by atoms with van der Waals surface area (Å²) in [7, 11) is 1.77. The van der Waals surface area contributed by atoms with Crippen molar-refractivity contribution in [1.82, 2.24) is 15.5 Å². The average Bonchev–Trinajstić information content (AvgIpc) is 3.42. The molecule has 32 heavy (non-hydrogen) atoms. The first-order valence-corrected chi connectivity index (χ1v) is 11.9. The standard InChI is InChI=1S/C24H38N4O3.HI/c1-24(2,3)20-17(7-5-12-31-20)14-27-23(25-4)26-10-6-11-28-21(29)18-15-8-9-16(13-15)19(18)22(28)30;/h8-9,15-20H,5-7,10-14H2,1-4H3,(H2,25,26,27);1H. The molecule has 0 aromatic heterocycles. The number of amides is 2. The van der Waals surface area contributed by atoms with Crippen molar-refractivity contribution in [2.75, 3.05) is 33.3 Å². The number of hydrogen-bond donors (Lipinski definition) is 2. The highest BCUT2D eigenvalue weighted by Gasteiger charge is 2.58. The Kier molecular flexibility index (Phi) is 8.28. The normalized spacial score (nSPS) is 34.0. The zero-order valence-corrected chi connectivity index (χ0v) is 22.1. The van der Waals surface area contributed by atoms with E-state index in [0.717, 1.165) is 44.8 Å². The van der Waals surface area contributed by atoms with Gasteiger partial charge in [-0.05, 0) is 42.9 Å². The molecule has 0 spiro atoms. The van der Waals surface area contributed by atoms with E-state index in [4.69, 9.17) is 4.74 Å². The highest BCUT2D eigenvalue weighted by molar-refractivity contribution is 14.0. The van der Waals surface area contributed by atoms with Crippen molar-refractivity contribution in [1.29, 1.82) is 0 Å². The van der Waals surface area contributed by atoms with Crippen molar-refractivity contribution in [3.05, 3.63) is 12.2 Å². The SMILES string of the molecule is CN=C(NCCCN1C(=O)C2C3C=CC(C3)C2C1=O)NCC1CCCOC1C(C)(C)C.I. The quantitative estimate of drug-likeness (QED) is 0.131. The molecule has 3 fully saturated rings. The fraction of sp³-hybridized carbons (Fsp3) is 0.792. The number of fused-ring (bicyclic) bond motifs is 5. The second kappa shape index (κ2) is 10.4. The van der Waals surface area contributed by atoms with Gasteiger partial charge in [-0.25, -0.2) is 0 Å². The monoisotopic (exact) mass is 558 g/mol. The minimum Gasteiger partial charge on any atom is -0.377 e. The molecular formula is C24H39IN4O3. The maximum absolute atomic E-state index is 12.8. The molecule has 1 saturated carbocycles. The molecule has 4 rings (SSSR count). The number of rotatable bonds is 6. The molecule has 0 aromatic rings. The number of hydrogen-bond acceptors (Lipinski definition) is 4. The molecule has 6 atom stereocenters. The fourth-order valence-electron chi connectivity index (χ4n) is 6.09. The van der Waals surface area contributed by atoms with E-state index >= 15 is 0 Å². The summed E-state index contributed by atoms with van der Waals surface area (Å²) in [6.07, 6.45) is 8.47. The number of carbonyl (C=O) groups excluding carboxylic acids is 2. The summed E-state index contributed by atoms with van der Waals surface area (Å²) in [5, 5.41) is 6.78. The maximum Gasteiger partial charge on any atom is 0.233 e. The molecule has 4 aliphatic rings. The predicted molar refractivity (Wildman–Crippen MR) is 136 cm³/mol. The number of imide groups is 1. The van der Waals surface area contributed by atoms with E-state index in [-0.39, 0.29) is 71.0 Å². The first kappa shape index (κ1) is 25.5. The van der Waals surface area contributed by atoms with Gasteiger partial charge in [0.1, 0.15) is 0 Å². The van der Waals surface area contributed by atoms with Crippen LogP contribution in [0.25, 0.3) is 0 Å². The lowest BCUT2D eigenvalue weighted by atomic mass is 9.78. The number of carbonyl (C=O) groups is 2. The van der Waals surface area contributed by atoms with Crippen molar-refractivity contribution in [2.24, 2.45) is 40.0 Å². The zero-order chi connectivity index (χ0) is 22.2. The van der Waals surface area contributed by atoms with Gasteiger partial charge < -0.3 is 15.4 Å². The van der Waals surface area contributed by atoms with E-state index < -0.39 is 0 Å². The molecule has 2 saturated heterocycles. The molecule has 2 bridgehead atoms. The largest absolute Gasteiger partial charge is 0.377 e. The van der Waals surface area contributed by atoms with Crippen LogP contribution in [0.15, 0.2) is 17.1 Å². The summed E-state index contributed by atoms with van der Waals surface area (Å²) in [4.78, 5) is 31.4. The molecule has 2 N–H and O–H groups in total. The van der Waals surface area contributed by atoms with Gasteiger partial charge in [-0.1, -0.05) is 32.9 Å². The van der Waals surface area contributed by atoms with E-state index in [9.17, 15) is 9.59 Å². The topological polar surface area (TPSA) is 83.0 Å². The van der Waals surface area contributed by atoms with Gasteiger partial charge in [0.25, 0.3) is 0 Å². The Hall–Kier alpha value is -1.16. The van der Waals surface area contributed by atoms with Crippen LogP contribution in [0.1, 0.15) is 46.5 Å². The van der Waals surface area contributed by atoms with Gasteiger partial charge in [-0.2, -0.15) is 0 Å². The summed E-state index contributed by atoms with van der Waals surface area (Å²) in [6.45, 7) is 9.53. The lowest BCUT2D eigenvalue weighted by Crippen LogP contribution is -2.47. The third-order valence-electron chi connectivity index (χ3n) is 7.47. The Bertz CT molecular complexity index is 733. The highest BCUT2D eigenvalue weighted by Crippen LogP contribution is 2.52. The average molecular weight is 559 g/mol. The molecule has 8 heteroatoms. The molecule has 2 amide bonds. The minimum atomic E-state index is -0.0987. The van der Waals surface area contributed by atoms with Gasteiger partial charge in [-0.3, -0.25) is 19.5 Å². The molecule has 180 valence electrons. The number of nitrogens with zero attached hydrogens (tertiary/aromatic N) is 2. The summed E-state index contributed by atoms with van der Waals surface area (Å²) in [5.74, 6) is 1.65. The van der Waals surface area contributed by atoms with Crippen LogP contribution in [-0.4, -0.2) is 62.1 Å². The number of aliphatic imine (C=N–C) groups is 1. The Morgan fingerprint density at radius 3 is 2.41 bits per heavy atom. The second-order valence-electron chi connectivity index (χ2n) is 10.6. The number of allylic oxidation sites excluding steroid dienone is 2. The van der Waals surface area contributed by atoms with E-state index in [2.05, 4.69) is 48.5 Å². The summed E-state index contributed by atoms with van der Waals surface area (Å²) in [5.41, 5.74) is 0.117. The smallest absolute Gasteiger partial charge is 0.233 e. The van der Waals surface area contributed by atoms with Gasteiger partial charge in [-0.15, -0.1) is 24.0 Å². The van der Waals surface area contributed by atoms with Crippen LogP contribution < -0.4 is 10.6 Å². The van der Waals surface area contributed by atoms with Crippen LogP contribution in [0, 0.1) is 35.0 Å². The number of nitrogens with one attached hydrogen (secondary N) is 2. The highest BCUT2D eigenvalue weighted by atomic mass is 127. The molecule has 7 nitrogen and oxygen atoms in total. The zero-order valence-electron chi connectivity index (χ0n) is 19.8.